The van der Waals surface area contributed by atoms with Crippen LogP contribution in [0.5, 0.6) is 0 Å². The molecule has 1 heterocycles. The van der Waals surface area contributed by atoms with E-state index in [1.807, 2.05) is 30.3 Å². The van der Waals surface area contributed by atoms with E-state index in [-0.39, 0.29) is 0 Å². The van der Waals surface area contributed by atoms with Gasteiger partial charge in [0.2, 0.25) is 5.89 Å². The lowest BCUT2D eigenvalue weighted by Gasteiger charge is -2.05. The molecular weight excluding hydrogens is 232 g/mol. The van der Waals surface area contributed by atoms with Crippen LogP contribution in [0, 0.1) is 0 Å². The van der Waals surface area contributed by atoms with Crippen LogP contribution in [0.25, 0.3) is 11.5 Å². The molecule has 94 valence electrons. The Morgan fingerprint density at radius 2 is 2.17 bits per heavy atom. The highest BCUT2D eigenvalue weighted by Gasteiger charge is 2.11. The first kappa shape index (κ1) is 12.3. The average molecular weight is 246 g/mol. The zero-order chi connectivity index (χ0) is 13.0. The topological polar surface area (TPSA) is 75.4 Å². The Hall–Kier alpha value is -2.14. The average Bonchev–Trinajstić information content (AvgIpc) is 2.85. The van der Waals surface area contributed by atoms with E-state index >= 15 is 0 Å². The summed E-state index contributed by atoms with van der Waals surface area (Å²) in [6.45, 7) is 1.95. The monoisotopic (exact) mass is 246 g/mol. The van der Waals surface area contributed by atoms with Crippen LogP contribution in [0.2, 0.25) is 0 Å². The number of carboxylic acids is 1. The minimum atomic E-state index is -0.887. The van der Waals surface area contributed by atoms with Gasteiger partial charge in [-0.05, 0) is 19.1 Å². The van der Waals surface area contributed by atoms with E-state index in [0.717, 1.165) is 5.56 Å². The number of rotatable bonds is 5. The Morgan fingerprint density at radius 1 is 1.44 bits per heavy atom. The number of nitrogens with zero attached hydrogens (tertiary/aromatic N) is 1. The molecule has 1 aromatic heterocycles. The molecule has 1 aromatic carbocycles. The molecule has 0 spiro atoms. The summed E-state index contributed by atoms with van der Waals surface area (Å²) < 4.78 is 5.34. The zero-order valence-corrected chi connectivity index (χ0v) is 9.96. The summed E-state index contributed by atoms with van der Waals surface area (Å²) >= 11 is 0. The van der Waals surface area contributed by atoms with Crippen molar-refractivity contribution in [2.45, 2.75) is 19.5 Å². The standard InChI is InChI=1S/C13H14N2O3/c1-9(13(16)17)14-7-11-8-18-12(15-11)10-5-3-2-4-6-10/h2-6,8-9,14H,7H2,1H3,(H,16,17)/t9-/m1/s1. The third-order valence-corrected chi connectivity index (χ3v) is 2.53. The van der Waals surface area contributed by atoms with Gasteiger partial charge in [-0.1, -0.05) is 18.2 Å². The molecule has 2 aromatic rings. The van der Waals surface area contributed by atoms with Crippen LogP contribution in [0.1, 0.15) is 12.6 Å². The van der Waals surface area contributed by atoms with Gasteiger partial charge in [-0.15, -0.1) is 0 Å². The van der Waals surface area contributed by atoms with E-state index in [9.17, 15) is 4.79 Å². The van der Waals surface area contributed by atoms with Crippen molar-refractivity contribution in [3.63, 3.8) is 0 Å². The molecule has 0 radical (unpaired) electrons. The second kappa shape index (κ2) is 5.46. The van der Waals surface area contributed by atoms with Crippen molar-refractivity contribution in [2.24, 2.45) is 0 Å². The molecule has 0 aliphatic rings. The fraction of sp³-hybridized carbons (Fsp3) is 0.231. The highest BCUT2D eigenvalue weighted by Crippen LogP contribution is 2.17. The van der Waals surface area contributed by atoms with Crippen molar-refractivity contribution in [2.75, 3.05) is 0 Å². The number of hydrogen-bond acceptors (Lipinski definition) is 4. The summed E-state index contributed by atoms with van der Waals surface area (Å²) in [5, 5.41) is 11.6. The quantitative estimate of drug-likeness (QED) is 0.842. The van der Waals surface area contributed by atoms with Crippen molar-refractivity contribution in [1.82, 2.24) is 10.3 Å². The normalized spacial score (nSPS) is 12.3. The molecule has 5 nitrogen and oxygen atoms in total. The Kier molecular flexibility index (Phi) is 3.74. The van der Waals surface area contributed by atoms with Crippen LogP contribution in [0.3, 0.4) is 0 Å². The van der Waals surface area contributed by atoms with E-state index in [0.29, 0.717) is 18.1 Å². The molecule has 1 atom stereocenters. The third kappa shape index (κ3) is 2.95. The molecular formula is C13H14N2O3. The maximum atomic E-state index is 10.6. The molecule has 0 saturated carbocycles. The van der Waals surface area contributed by atoms with Gasteiger partial charge in [-0.25, -0.2) is 4.98 Å². The van der Waals surface area contributed by atoms with Gasteiger partial charge in [0.05, 0.1) is 5.69 Å². The first-order valence-electron chi connectivity index (χ1n) is 5.63. The number of oxazole rings is 1. The summed E-state index contributed by atoms with van der Waals surface area (Å²) in [6, 6.07) is 8.94. The van der Waals surface area contributed by atoms with Gasteiger partial charge in [0.15, 0.2) is 0 Å². The SMILES string of the molecule is C[C@@H](NCc1coc(-c2ccccc2)n1)C(=O)O. The summed E-state index contributed by atoms with van der Waals surface area (Å²) in [5.41, 5.74) is 1.58. The molecule has 2 N–H and O–H groups in total. The minimum absolute atomic E-state index is 0.365. The first-order chi connectivity index (χ1) is 8.66. The number of aliphatic carboxylic acids is 1. The molecule has 0 aliphatic heterocycles. The number of carbonyl (C=O) groups is 1. The summed E-state index contributed by atoms with van der Waals surface area (Å²) in [7, 11) is 0. The second-order valence-electron chi connectivity index (χ2n) is 3.95. The highest BCUT2D eigenvalue weighted by molar-refractivity contribution is 5.72. The molecule has 5 heteroatoms. The number of hydrogen-bond donors (Lipinski definition) is 2. The maximum absolute atomic E-state index is 10.6. The van der Waals surface area contributed by atoms with Gasteiger partial charge in [-0.2, -0.15) is 0 Å². The third-order valence-electron chi connectivity index (χ3n) is 2.53. The van der Waals surface area contributed by atoms with E-state index in [2.05, 4.69) is 10.3 Å². The molecule has 2 rings (SSSR count). The molecule has 0 aliphatic carbocycles. The smallest absolute Gasteiger partial charge is 0.320 e. The molecule has 0 unspecified atom stereocenters. The minimum Gasteiger partial charge on any atom is -0.480 e. The Balaban J connectivity index is 2.01. The molecule has 0 amide bonds. The van der Waals surface area contributed by atoms with Gasteiger partial charge in [0.1, 0.15) is 12.3 Å². The lowest BCUT2D eigenvalue weighted by molar-refractivity contribution is -0.139. The highest BCUT2D eigenvalue weighted by atomic mass is 16.4. The van der Waals surface area contributed by atoms with Crippen LogP contribution >= 0.6 is 0 Å². The lowest BCUT2D eigenvalue weighted by atomic mass is 10.2. The number of benzene rings is 1. The Bertz CT molecular complexity index is 522. The van der Waals surface area contributed by atoms with Crippen molar-refractivity contribution in [3.05, 3.63) is 42.3 Å². The van der Waals surface area contributed by atoms with Gasteiger partial charge >= 0.3 is 5.97 Å². The number of nitrogens with one attached hydrogen (secondary N) is 1. The fourth-order valence-corrected chi connectivity index (χ4v) is 1.45. The second-order valence-corrected chi connectivity index (χ2v) is 3.95. The maximum Gasteiger partial charge on any atom is 0.320 e. The zero-order valence-electron chi connectivity index (χ0n) is 9.96. The largest absolute Gasteiger partial charge is 0.480 e. The van der Waals surface area contributed by atoms with Crippen molar-refractivity contribution in [1.29, 1.82) is 0 Å². The van der Waals surface area contributed by atoms with Crippen LogP contribution in [-0.2, 0) is 11.3 Å². The summed E-state index contributed by atoms with van der Waals surface area (Å²) in [6.07, 6.45) is 1.53. The van der Waals surface area contributed by atoms with Gasteiger partial charge in [0.25, 0.3) is 0 Å². The van der Waals surface area contributed by atoms with Crippen molar-refractivity contribution in [3.8, 4) is 11.5 Å². The summed E-state index contributed by atoms with van der Waals surface area (Å²) in [5.74, 6) is -0.350. The lowest BCUT2D eigenvalue weighted by Crippen LogP contribution is -2.33. The predicted octanol–water partition coefficient (Wildman–Crippen LogP) is 1.90. The van der Waals surface area contributed by atoms with Crippen LogP contribution in [0.4, 0.5) is 0 Å². The molecule has 18 heavy (non-hydrogen) atoms. The van der Waals surface area contributed by atoms with E-state index in [4.69, 9.17) is 9.52 Å². The predicted molar refractivity (Wildman–Crippen MR) is 65.9 cm³/mol. The van der Waals surface area contributed by atoms with E-state index in [1.165, 1.54) is 6.26 Å². The van der Waals surface area contributed by atoms with Crippen molar-refractivity contribution >= 4 is 5.97 Å². The molecule has 0 bridgehead atoms. The van der Waals surface area contributed by atoms with E-state index in [1.54, 1.807) is 6.92 Å². The van der Waals surface area contributed by atoms with E-state index < -0.39 is 12.0 Å². The Morgan fingerprint density at radius 3 is 2.83 bits per heavy atom. The Labute approximate surface area is 104 Å². The van der Waals surface area contributed by atoms with Gasteiger partial charge in [0, 0.05) is 12.1 Å². The van der Waals surface area contributed by atoms with Crippen molar-refractivity contribution < 1.29 is 14.3 Å². The first-order valence-corrected chi connectivity index (χ1v) is 5.63. The summed E-state index contributed by atoms with van der Waals surface area (Å²) in [4.78, 5) is 14.9. The van der Waals surface area contributed by atoms with Gasteiger partial charge in [-0.3, -0.25) is 10.1 Å². The number of carboxylic acid groups (broad SMARTS) is 1. The molecule has 0 saturated heterocycles. The number of aromatic nitrogens is 1. The van der Waals surface area contributed by atoms with Crippen LogP contribution < -0.4 is 5.32 Å². The fourth-order valence-electron chi connectivity index (χ4n) is 1.45. The van der Waals surface area contributed by atoms with Crippen LogP contribution in [-0.4, -0.2) is 22.1 Å². The molecule has 0 fully saturated rings. The van der Waals surface area contributed by atoms with Crippen LogP contribution in [0.15, 0.2) is 41.0 Å². The van der Waals surface area contributed by atoms with Gasteiger partial charge < -0.3 is 9.52 Å².